The van der Waals surface area contributed by atoms with Crippen molar-refractivity contribution in [2.45, 2.75) is 6.92 Å². The number of carbonyl (C=O) groups excluding carboxylic acids is 1. The van der Waals surface area contributed by atoms with Gasteiger partial charge in [-0.1, -0.05) is 0 Å². The minimum atomic E-state index is -4.19. The molecule has 0 spiro atoms. The normalized spacial score (nSPS) is 15.5. The molecular weight excluding hydrogens is 173 g/mol. The van der Waals surface area contributed by atoms with Gasteiger partial charge in [-0.2, -0.15) is 0 Å². The van der Waals surface area contributed by atoms with E-state index in [1.807, 2.05) is 0 Å². The Morgan fingerprint density at radius 1 is 1.73 bits per heavy atom. The number of phosphoric acid groups is 1. The van der Waals surface area contributed by atoms with Crippen LogP contribution in [0.4, 0.5) is 0 Å². The fourth-order valence-electron chi connectivity index (χ4n) is 0.355. The Morgan fingerprint density at radius 3 is 2.64 bits per heavy atom. The Morgan fingerprint density at radius 2 is 2.27 bits per heavy atom. The first-order chi connectivity index (χ1) is 5.02. The Balaban J connectivity index is 3.91. The lowest BCUT2D eigenvalue weighted by molar-refractivity contribution is -0.134. The fraction of sp³-hybridized carbons (Fsp3) is 0.750. The first kappa shape index (κ1) is 10.6. The Labute approximate surface area is 63.9 Å². The van der Waals surface area contributed by atoms with Crippen LogP contribution in [0.3, 0.4) is 0 Å². The summed E-state index contributed by atoms with van der Waals surface area (Å²) in [4.78, 5) is 19.0. The molecule has 7 heteroatoms. The molecule has 6 nitrogen and oxygen atoms in total. The average Bonchev–Trinajstić information content (AvgIpc) is 1.86. The summed E-state index contributed by atoms with van der Waals surface area (Å²) in [5.74, 6) is -0.968. The van der Waals surface area contributed by atoms with E-state index in [1.54, 1.807) is 0 Å². The smallest absolute Gasteiger partial charge is 0.370 e. The second-order valence-electron chi connectivity index (χ2n) is 1.55. The van der Waals surface area contributed by atoms with Crippen molar-refractivity contribution in [2.24, 2.45) is 5.73 Å². The summed E-state index contributed by atoms with van der Waals surface area (Å²) in [6, 6.07) is 0. The van der Waals surface area contributed by atoms with Gasteiger partial charge in [0.25, 0.3) is 0 Å². The van der Waals surface area contributed by atoms with Crippen molar-refractivity contribution in [1.82, 2.24) is 0 Å². The first-order valence-electron chi connectivity index (χ1n) is 2.91. The van der Waals surface area contributed by atoms with Crippen LogP contribution in [0.2, 0.25) is 0 Å². The molecule has 0 saturated carbocycles. The quantitative estimate of drug-likeness (QED) is 0.576. The van der Waals surface area contributed by atoms with E-state index in [0.717, 1.165) is 0 Å². The van der Waals surface area contributed by atoms with Crippen LogP contribution in [0, 0.1) is 0 Å². The van der Waals surface area contributed by atoms with E-state index in [-0.39, 0.29) is 6.61 Å². The molecule has 0 aromatic carbocycles. The molecule has 0 amide bonds. The van der Waals surface area contributed by atoms with E-state index in [4.69, 9.17) is 10.6 Å². The molecule has 0 heterocycles. The topological polar surface area (TPSA) is 98.9 Å². The number of nitrogens with two attached hydrogens (primary N) is 1. The third kappa shape index (κ3) is 4.92. The van der Waals surface area contributed by atoms with E-state index in [2.05, 4.69) is 9.05 Å². The van der Waals surface area contributed by atoms with E-state index in [9.17, 15) is 9.36 Å². The Bertz CT molecular complexity index is 181. The predicted octanol–water partition coefficient (Wildman–Crippen LogP) is -0.375. The third-order valence-corrected chi connectivity index (χ3v) is 1.69. The predicted molar refractivity (Wildman–Crippen MR) is 36.6 cm³/mol. The molecule has 0 aromatic rings. The molecule has 0 radical (unpaired) electrons. The summed E-state index contributed by atoms with van der Waals surface area (Å²) in [5, 5.41) is 0. The highest BCUT2D eigenvalue weighted by Gasteiger charge is 2.24. The molecule has 0 fully saturated rings. The molecule has 1 unspecified atom stereocenters. The van der Waals surface area contributed by atoms with Gasteiger partial charge in [-0.05, 0) is 6.92 Å². The number of rotatable bonds is 4. The Kier molecular flexibility index (Phi) is 4.29. The average molecular weight is 183 g/mol. The van der Waals surface area contributed by atoms with E-state index >= 15 is 0 Å². The summed E-state index contributed by atoms with van der Waals surface area (Å²) in [7, 11) is -4.19. The van der Waals surface area contributed by atoms with Crippen LogP contribution in [0.25, 0.3) is 0 Å². The highest BCUT2D eigenvalue weighted by atomic mass is 31.2. The van der Waals surface area contributed by atoms with E-state index < -0.39 is 20.3 Å². The SMILES string of the molecule is CCOP(=O)(O)OC(=O)CN. The summed E-state index contributed by atoms with van der Waals surface area (Å²) >= 11 is 0. The molecule has 66 valence electrons. The van der Waals surface area contributed by atoms with Crippen LogP contribution in [0.5, 0.6) is 0 Å². The molecule has 0 aliphatic carbocycles. The summed E-state index contributed by atoms with van der Waals surface area (Å²) < 4.78 is 18.8. The van der Waals surface area contributed by atoms with Gasteiger partial charge in [0.2, 0.25) is 0 Å². The van der Waals surface area contributed by atoms with Gasteiger partial charge in [-0.3, -0.25) is 14.2 Å². The maximum Gasteiger partial charge on any atom is 0.529 e. The molecule has 0 saturated heterocycles. The van der Waals surface area contributed by atoms with Gasteiger partial charge in [0.15, 0.2) is 0 Å². The summed E-state index contributed by atoms with van der Waals surface area (Å²) in [6.45, 7) is 1.04. The van der Waals surface area contributed by atoms with Gasteiger partial charge >= 0.3 is 13.8 Å². The van der Waals surface area contributed by atoms with Crippen LogP contribution >= 0.6 is 7.82 Å². The van der Waals surface area contributed by atoms with Crippen molar-refractivity contribution in [1.29, 1.82) is 0 Å². The van der Waals surface area contributed by atoms with E-state index in [0.29, 0.717) is 0 Å². The zero-order chi connectivity index (χ0) is 8.91. The van der Waals surface area contributed by atoms with Gasteiger partial charge in [0, 0.05) is 0 Å². The molecule has 0 aromatic heterocycles. The van der Waals surface area contributed by atoms with Crippen LogP contribution < -0.4 is 5.73 Å². The third-order valence-electron chi connectivity index (χ3n) is 0.676. The number of hydrogen-bond acceptors (Lipinski definition) is 5. The van der Waals surface area contributed by atoms with Crippen molar-refractivity contribution in [2.75, 3.05) is 13.2 Å². The van der Waals surface area contributed by atoms with E-state index in [1.165, 1.54) is 6.92 Å². The summed E-state index contributed by atoms with van der Waals surface area (Å²) in [6.07, 6.45) is 0. The maximum absolute atomic E-state index is 10.6. The fourth-order valence-corrected chi connectivity index (χ4v) is 1.07. The lowest BCUT2D eigenvalue weighted by atomic mass is 10.7. The summed E-state index contributed by atoms with van der Waals surface area (Å²) in [5.41, 5.74) is 4.81. The van der Waals surface area contributed by atoms with Gasteiger partial charge in [-0.15, -0.1) is 0 Å². The minimum Gasteiger partial charge on any atom is -0.370 e. The number of hydrogen-bond donors (Lipinski definition) is 2. The zero-order valence-corrected chi connectivity index (χ0v) is 6.91. The standard InChI is InChI=1S/C4H10NO5P/c1-2-9-11(7,8)10-4(6)3-5/h2-3,5H2,1H3,(H,7,8). The number of phosphoric ester groups is 1. The molecule has 0 bridgehead atoms. The van der Waals surface area contributed by atoms with Crippen molar-refractivity contribution < 1.29 is 23.3 Å². The van der Waals surface area contributed by atoms with Gasteiger partial charge in [0.1, 0.15) is 0 Å². The van der Waals surface area contributed by atoms with Gasteiger partial charge < -0.3 is 10.3 Å². The lowest BCUT2D eigenvalue weighted by Gasteiger charge is -2.08. The monoisotopic (exact) mass is 183 g/mol. The lowest BCUT2D eigenvalue weighted by Crippen LogP contribution is -2.16. The van der Waals surface area contributed by atoms with Gasteiger partial charge in [0.05, 0.1) is 13.2 Å². The van der Waals surface area contributed by atoms with Crippen molar-refractivity contribution in [3.05, 3.63) is 0 Å². The van der Waals surface area contributed by atoms with Crippen molar-refractivity contribution in [3.8, 4) is 0 Å². The molecule has 0 aliphatic rings. The highest BCUT2D eigenvalue weighted by molar-refractivity contribution is 7.48. The highest BCUT2D eigenvalue weighted by Crippen LogP contribution is 2.42. The van der Waals surface area contributed by atoms with Crippen LogP contribution in [0.1, 0.15) is 6.92 Å². The van der Waals surface area contributed by atoms with Crippen molar-refractivity contribution >= 4 is 13.8 Å². The molecule has 0 aliphatic heterocycles. The second kappa shape index (κ2) is 4.46. The van der Waals surface area contributed by atoms with Crippen LogP contribution in [0.15, 0.2) is 0 Å². The molecule has 3 N–H and O–H groups in total. The Hall–Kier alpha value is -0.420. The zero-order valence-electron chi connectivity index (χ0n) is 6.02. The molecule has 1 atom stereocenters. The molecule has 0 rings (SSSR count). The maximum atomic E-state index is 10.6. The second-order valence-corrected chi connectivity index (χ2v) is 2.93. The van der Waals surface area contributed by atoms with Crippen LogP contribution in [-0.4, -0.2) is 24.0 Å². The number of carbonyl (C=O) groups is 1. The molecule has 11 heavy (non-hydrogen) atoms. The first-order valence-corrected chi connectivity index (χ1v) is 4.41. The van der Waals surface area contributed by atoms with Gasteiger partial charge in [-0.25, -0.2) is 4.57 Å². The molecular formula is C4H10NO5P. The largest absolute Gasteiger partial charge is 0.529 e. The van der Waals surface area contributed by atoms with Crippen molar-refractivity contribution in [3.63, 3.8) is 0 Å². The van der Waals surface area contributed by atoms with Crippen LogP contribution in [-0.2, 0) is 18.4 Å². The minimum absolute atomic E-state index is 0.00830.